The molecule has 2 saturated heterocycles. The SMILES string of the molecule is O=C(NC[C@@H]1CCCO1)N[C@H]1CCN(c2ccc3nncn3n2)C1. The molecule has 2 aliphatic rings. The van der Waals surface area contributed by atoms with E-state index in [1.807, 2.05) is 12.1 Å². The first-order chi connectivity index (χ1) is 11.8. The van der Waals surface area contributed by atoms with Gasteiger partial charge >= 0.3 is 6.03 Å². The van der Waals surface area contributed by atoms with Gasteiger partial charge in [-0.2, -0.15) is 4.52 Å². The third-order valence-electron chi connectivity index (χ3n) is 4.51. The molecule has 4 rings (SSSR count). The minimum atomic E-state index is -0.125. The van der Waals surface area contributed by atoms with Crippen molar-refractivity contribution in [1.82, 2.24) is 30.4 Å². The van der Waals surface area contributed by atoms with Crippen LogP contribution in [0.1, 0.15) is 19.3 Å². The topological polar surface area (TPSA) is 96.7 Å². The molecule has 0 saturated carbocycles. The van der Waals surface area contributed by atoms with Gasteiger partial charge in [-0.15, -0.1) is 15.3 Å². The molecule has 24 heavy (non-hydrogen) atoms. The molecule has 2 fully saturated rings. The Morgan fingerprint density at radius 1 is 1.38 bits per heavy atom. The predicted molar refractivity (Wildman–Crippen MR) is 86.9 cm³/mol. The largest absolute Gasteiger partial charge is 0.376 e. The molecule has 9 nitrogen and oxygen atoms in total. The van der Waals surface area contributed by atoms with Gasteiger partial charge in [-0.1, -0.05) is 0 Å². The van der Waals surface area contributed by atoms with Crippen molar-refractivity contribution in [3.63, 3.8) is 0 Å². The molecule has 0 spiro atoms. The average molecular weight is 331 g/mol. The van der Waals surface area contributed by atoms with Crippen molar-refractivity contribution in [1.29, 1.82) is 0 Å². The molecule has 2 N–H and O–H groups in total. The lowest BCUT2D eigenvalue weighted by atomic mass is 10.2. The van der Waals surface area contributed by atoms with Crippen LogP contribution in [0.5, 0.6) is 0 Å². The zero-order chi connectivity index (χ0) is 16.4. The van der Waals surface area contributed by atoms with Gasteiger partial charge in [0.25, 0.3) is 0 Å². The number of hydrogen-bond acceptors (Lipinski definition) is 6. The number of aromatic nitrogens is 4. The van der Waals surface area contributed by atoms with Gasteiger partial charge in [0.15, 0.2) is 5.65 Å². The monoisotopic (exact) mass is 331 g/mol. The van der Waals surface area contributed by atoms with Crippen LogP contribution < -0.4 is 15.5 Å². The standard InChI is InChI=1S/C15H21N7O2/c23-15(16-8-12-2-1-7-24-12)18-11-5-6-21(9-11)14-4-3-13-19-17-10-22(13)20-14/h3-4,10-12H,1-2,5-9H2,(H2,16,18,23)/t11-,12-/m0/s1. The lowest BCUT2D eigenvalue weighted by Crippen LogP contribution is -2.45. The van der Waals surface area contributed by atoms with Crippen LogP contribution >= 0.6 is 0 Å². The minimum absolute atomic E-state index is 0.118. The molecule has 2 aliphatic heterocycles. The summed E-state index contributed by atoms with van der Waals surface area (Å²) in [6.07, 6.45) is 4.75. The van der Waals surface area contributed by atoms with Crippen molar-refractivity contribution in [2.75, 3.05) is 31.1 Å². The molecule has 2 aromatic heterocycles. The van der Waals surface area contributed by atoms with Gasteiger partial charge in [-0.3, -0.25) is 0 Å². The Hall–Kier alpha value is -2.42. The summed E-state index contributed by atoms with van der Waals surface area (Å²) in [7, 11) is 0. The Labute approximate surface area is 139 Å². The second-order valence-electron chi connectivity index (χ2n) is 6.25. The zero-order valence-corrected chi connectivity index (χ0v) is 13.4. The van der Waals surface area contributed by atoms with Crippen molar-refractivity contribution >= 4 is 17.5 Å². The Balaban J connectivity index is 1.28. The van der Waals surface area contributed by atoms with Crippen LogP contribution in [-0.2, 0) is 4.74 Å². The second kappa shape index (κ2) is 6.60. The second-order valence-corrected chi connectivity index (χ2v) is 6.25. The normalized spacial score (nSPS) is 23.8. The summed E-state index contributed by atoms with van der Waals surface area (Å²) in [6.45, 7) is 2.98. The maximum atomic E-state index is 12.0. The van der Waals surface area contributed by atoms with E-state index in [9.17, 15) is 4.79 Å². The van der Waals surface area contributed by atoms with Crippen LogP contribution in [0.2, 0.25) is 0 Å². The van der Waals surface area contributed by atoms with Crippen molar-refractivity contribution in [3.05, 3.63) is 18.5 Å². The molecule has 0 unspecified atom stereocenters. The first-order valence-corrected chi connectivity index (χ1v) is 8.36. The maximum absolute atomic E-state index is 12.0. The van der Waals surface area contributed by atoms with Gasteiger partial charge in [0, 0.05) is 32.3 Å². The van der Waals surface area contributed by atoms with Crippen LogP contribution in [0.25, 0.3) is 5.65 Å². The Kier molecular flexibility index (Phi) is 4.16. The molecule has 0 radical (unpaired) electrons. The van der Waals surface area contributed by atoms with E-state index in [0.29, 0.717) is 6.54 Å². The number of urea groups is 1. The van der Waals surface area contributed by atoms with Gasteiger partial charge in [0.1, 0.15) is 12.1 Å². The molecule has 128 valence electrons. The molecule has 2 amide bonds. The molecular formula is C15H21N7O2. The van der Waals surface area contributed by atoms with E-state index in [-0.39, 0.29) is 18.2 Å². The molecule has 0 aliphatic carbocycles. The fourth-order valence-electron chi connectivity index (χ4n) is 3.22. The van der Waals surface area contributed by atoms with Crippen LogP contribution in [0.4, 0.5) is 10.6 Å². The van der Waals surface area contributed by atoms with Crippen LogP contribution in [-0.4, -0.2) is 64.2 Å². The third kappa shape index (κ3) is 3.25. The smallest absolute Gasteiger partial charge is 0.315 e. The highest BCUT2D eigenvalue weighted by Crippen LogP contribution is 2.18. The van der Waals surface area contributed by atoms with E-state index >= 15 is 0 Å². The number of ether oxygens (including phenoxy) is 1. The lowest BCUT2D eigenvalue weighted by Gasteiger charge is -2.18. The number of anilines is 1. The van der Waals surface area contributed by atoms with Gasteiger partial charge in [-0.05, 0) is 31.4 Å². The summed E-state index contributed by atoms with van der Waals surface area (Å²) in [4.78, 5) is 14.2. The Morgan fingerprint density at radius 2 is 2.33 bits per heavy atom. The fraction of sp³-hybridized carbons (Fsp3) is 0.600. The van der Waals surface area contributed by atoms with E-state index in [4.69, 9.17) is 4.74 Å². The Morgan fingerprint density at radius 3 is 3.21 bits per heavy atom. The number of fused-ring (bicyclic) bond motifs is 1. The summed E-state index contributed by atoms with van der Waals surface area (Å²) in [5.41, 5.74) is 0.723. The van der Waals surface area contributed by atoms with Gasteiger partial charge in [0.2, 0.25) is 0 Å². The van der Waals surface area contributed by atoms with Gasteiger partial charge in [0.05, 0.1) is 6.10 Å². The number of nitrogens with one attached hydrogen (secondary N) is 2. The molecule has 2 aromatic rings. The summed E-state index contributed by atoms with van der Waals surface area (Å²) >= 11 is 0. The number of rotatable bonds is 4. The van der Waals surface area contributed by atoms with E-state index in [0.717, 1.165) is 50.4 Å². The minimum Gasteiger partial charge on any atom is -0.376 e. The van der Waals surface area contributed by atoms with E-state index in [2.05, 4.69) is 30.8 Å². The fourth-order valence-corrected chi connectivity index (χ4v) is 3.22. The summed E-state index contributed by atoms with van der Waals surface area (Å²) in [6, 6.07) is 3.82. The number of hydrogen-bond donors (Lipinski definition) is 2. The van der Waals surface area contributed by atoms with Crippen LogP contribution in [0.15, 0.2) is 18.5 Å². The quantitative estimate of drug-likeness (QED) is 0.830. The molecule has 0 aromatic carbocycles. The molecule has 2 atom stereocenters. The van der Waals surface area contributed by atoms with Crippen LogP contribution in [0.3, 0.4) is 0 Å². The number of nitrogens with zero attached hydrogens (tertiary/aromatic N) is 5. The highest BCUT2D eigenvalue weighted by atomic mass is 16.5. The van der Waals surface area contributed by atoms with Gasteiger partial charge in [-0.25, -0.2) is 4.79 Å². The first kappa shape index (κ1) is 15.1. The predicted octanol–water partition coefficient (Wildman–Crippen LogP) is 0.181. The molecule has 0 bridgehead atoms. The lowest BCUT2D eigenvalue weighted by molar-refractivity contribution is 0.111. The highest BCUT2D eigenvalue weighted by molar-refractivity contribution is 5.74. The van der Waals surface area contributed by atoms with E-state index in [1.165, 1.54) is 0 Å². The Bertz CT molecular complexity index is 713. The summed E-state index contributed by atoms with van der Waals surface area (Å²) < 4.78 is 7.16. The van der Waals surface area contributed by atoms with E-state index in [1.54, 1.807) is 10.8 Å². The van der Waals surface area contributed by atoms with Crippen LogP contribution in [0, 0.1) is 0 Å². The van der Waals surface area contributed by atoms with Crippen molar-refractivity contribution in [3.8, 4) is 0 Å². The number of amides is 2. The number of carbonyl (C=O) groups excluding carboxylic acids is 1. The third-order valence-corrected chi connectivity index (χ3v) is 4.51. The maximum Gasteiger partial charge on any atom is 0.315 e. The van der Waals surface area contributed by atoms with Gasteiger partial charge < -0.3 is 20.3 Å². The summed E-state index contributed by atoms with van der Waals surface area (Å²) in [5, 5.41) is 18.2. The highest BCUT2D eigenvalue weighted by Gasteiger charge is 2.25. The van der Waals surface area contributed by atoms with Crippen molar-refractivity contribution in [2.24, 2.45) is 0 Å². The molecule has 4 heterocycles. The first-order valence-electron chi connectivity index (χ1n) is 8.36. The summed E-state index contributed by atoms with van der Waals surface area (Å²) in [5.74, 6) is 0.867. The molecule has 9 heteroatoms. The van der Waals surface area contributed by atoms with Crippen molar-refractivity contribution in [2.45, 2.75) is 31.4 Å². The average Bonchev–Trinajstić information content (AvgIpc) is 3.33. The number of carbonyl (C=O) groups is 1. The van der Waals surface area contributed by atoms with E-state index < -0.39 is 0 Å². The zero-order valence-electron chi connectivity index (χ0n) is 13.4. The molecular weight excluding hydrogens is 310 g/mol. The van der Waals surface area contributed by atoms with Crippen molar-refractivity contribution < 1.29 is 9.53 Å².